The summed E-state index contributed by atoms with van der Waals surface area (Å²) in [4.78, 5) is 44.4. The average Bonchev–Trinajstić information content (AvgIpc) is 2.98. The number of aromatic nitrogens is 4. The van der Waals surface area contributed by atoms with Gasteiger partial charge in [-0.05, 0) is 76.3 Å². The van der Waals surface area contributed by atoms with E-state index in [1.165, 1.54) is 22.8 Å². The highest BCUT2D eigenvalue weighted by atomic mass is 19.1. The number of ether oxygens (including phenoxy) is 2. The molecule has 6 rings (SSSR count). The number of aryl methyl sites for hydroxylation is 1. The molecule has 46 heavy (non-hydrogen) atoms. The maximum absolute atomic E-state index is 16.2. The first kappa shape index (κ1) is 31.4. The van der Waals surface area contributed by atoms with Crippen LogP contribution in [0.2, 0.25) is 0 Å². The molecule has 1 fully saturated rings. The molecule has 1 atom stereocenters. The fourth-order valence-electron chi connectivity index (χ4n) is 6.16. The molecule has 242 valence electrons. The van der Waals surface area contributed by atoms with Crippen LogP contribution in [0.1, 0.15) is 65.1 Å². The largest absolute Gasteiger partial charge is 0.493 e. The zero-order valence-corrected chi connectivity index (χ0v) is 26.9. The minimum atomic E-state index is -0.789. The molecule has 0 N–H and O–H groups in total. The third-order valence-electron chi connectivity index (χ3n) is 8.22. The average molecular weight is 633 g/mol. The summed E-state index contributed by atoms with van der Waals surface area (Å²) in [6, 6.07) is 7.14. The molecular weight excluding hydrogens is 594 g/mol. The highest BCUT2D eigenvalue weighted by Gasteiger charge is 2.33. The Balaban J connectivity index is 1.60. The summed E-state index contributed by atoms with van der Waals surface area (Å²) in [5, 5.41) is 0.277. The Morgan fingerprint density at radius 1 is 1.11 bits per heavy atom. The number of hydrogen-bond donors (Lipinski definition) is 0. The summed E-state index contributed by atoms with van der Waals surface area (Å²) < 4.78 is 44.6. The summed E-state index contributed by atoms with van der Waals surface area (Å²) in [5.41, 5.74) is 0.504. The van der Waals surface area contributed by atoms with Gasteiger partial charge in [-0.2, -0.15) is 4.98 Å². The van der Waals surface area contributed by atoms with E-state index in [9.17, 15) is 9.59 Å². The van der Waals surface area contributed by atoms with Crippen LogP contribution >= 0.6 is 0 Å². The second-order valence-electron chi connectivity index (χ2n) is 13.1. The molecule has 1 saturated heterocycles. The molecule has 0 spiro atoms. The highest BCUT2D eigenvalue weighted by molar-refractivity contribution is 5.91. The van der Waals surface area contributed by atoms with Gasteiger partial charge in [0, 0.05) is 31.9 Å². The molecule has 2 bridgehead atoms. The molecule has 10 nitrogen and oxygen atoms in total. The van der Waals surface area contributed by atoms with Gasteiger partial charge in [-0.3, -0.25) is 4.98 Å². The second-order valence-corrected chi connectivity index (χ2v) is 13.1. The number of halogens is 2. The van der Waals surface area contributed by atoms with E-state index in [0.29, 0.717) is 43.9 Å². The van der Waals surface area contributed by atoms with E-state index in [-0.39, 0.29) is 52.4 Å². The summed E-state index contributed by atoms with van der Waals surface area (Å²) in [7, 11) is 0. The first-order valence-corrected chi connectivity index (χ1v) is 15.6. The van der Waals surface area contributed by atoms with Crippen molar-refractivity contribution in [1.82, 2.24) is 24.4 Å². The Morgan fingerprint density at radius 3 is 2.61 bits per heavy atom. The van der Waals surface area contributed by atoms with Gasteiger partial charge in [0.1, 0.15) is 28.7 Å². The van der Waals surface area contributed by atoms with Crippen molar-refractivity contribution in [2.45, 2.75) is 71.9 Å². The first-order valence-electron chi connectivity index (χ1n) is 15.6. The molecule has 1 amide bonds. The number of rotatable bonds is 2. The fourth-order valence-corrected chi connectivity index (χ4v) is 6.16. The fraction of sp³-hybridized carbons (Fsp3) is 0.441. The summed E-state index contributed by atoms with van der Waals surface area (Å²) in [5.74, 6) is -1.15. The van der Waals surface area contributed by atoms with Gasteiger partial charge in [-0.25, -0.2) is 27.9 Å². The number of anilines is 1. The SMILES string of the molecule is CC(C)c1nccc2c1-n1c(=O)nc(N3CCN(C(=O)OC(C)(C)C)CC3C)c3cc(F)c(nc31)-c1c(F)cccc1OCCC2. The van der Waals surface area contributed by atoms with Crippen LogP contribution < -0.4 is 15.3 Å². The van der Waals surface area contributed by atoms with Crippen molar-refractivity contribution in [1.29, 1.82) is 0 Å². The molecule has 3 aromatic heterocycles. The van der Waals surface area contributed by atoms with Crippen LogP contribution in [0.25, 0.3) is 28.0 Å². The number of benzene rings is 1. The standard InChI is InChI=1S/C34H38F2N6O4/c1-19(2)27-29-21(12-13-37-27)9-8-16-45-25-11-7-10-23(35)26(25)28-24(36)17-22-30(39-32(43)42(29)31(22)38-28)41-15-14-40(18-20(41)3)33(44)46-34(4,5)6/h7,10-13,17,19-20H,8-9,14-16,18H2,1-6H3. The van der Waals surface area contributed by atoms with Crippen molar-refractivity contribution in [3.63, 3.8) is 0 Å². The maximum Gasteiger partial charge on any atom is 0.410 e. The van der Waals surface area contributed by atoms with Gasteiger partial charge in [0.15, 0.2) is 11.5 Å². The lowest BCUT2D eigenvalue weighted by atomic mass is 10.0. The molecule has 0 radical (unpaired) electrons. The quantitative estimate of drug-likeness (QED) is 0.265. The Hall–Kier alpha value is -4.61. The molecule has 1 aromatic carbocycles. The molecule has 1 unspecified atom stereocenters. The van der Waals surface area contributed by atoms with Crippen LogP contribution in [0, 0.1) is 11.6 Å². The highest BCUT2D eigenvalue weighted by Crippen LogP contribution is 2.38. The van der Waals surface area contributed by atoms with E-state index in [1.54, 1.807) is 17.2 Å². The molecule has 0 saturated carbocycles. The Kier molecular flexibility index (Phi) is 8.16. The van der Waals surface area contributed by atoms with Crippen LogP contribution in [0.5, 0.6) is 5.75 Å². The van der Waals surface area contributed by atoms with Crippen LogP contribution in [0.4, 0.5) is 19.4 Å². The minimum absolute atomic E-state index is 0.0697. The van der Waals surface area contributed by atoms with E-state index in [4.69, 9.17) is 14.5 Å². The van der Waals surface area contributed by atoms with Gasteiger partial charge in [-0.1, -0.05) is 19.9 Å². The van der Waals surface area contributed by atoms with Gasteiger partial charge in [0.05, 0.1) is 28.9 Å². The van der Waals surface area contributed by atoms with Crippen molar-refractivity contribution < 1.29 is 23.0 Å². The predicted octanol–water partition coefficient (Wildman–Crippen LogP) is 6.01. The molecule has 4 aromatic rings. The maximum atomic E-state index is 16.2. The number of amides is 1. The van der Waals surface area contributed by atoms with E-state index in [2.05, 4.69) is 9.97 Å². The van der Waals surface area contributed by atoms with Crippen LogP contribution in [-0.4, -0.2) is 68.4 Å². The number of hydrogen-bond acceptors (Lipinski definition) is 8. The van der Waals surface area contributed by atoms with Crippen molar-refractivity contribution in [2.75, 3.05) is 31.1 Å². The topological polar surface area (TPSA) is 103 Å². The summed E-state index contributed by atoms with van der Waals surface area (Å²) in [6.07, 6.45) is 2.37. The number of fused-ring (bicyclic) bond motifs is 5. The number of piperazine rings is 1. The van der Waals surface area contributed by atoms with Gasteiger partial charge < -0.3 is 19.3 Å². The van der Waals surface area contributed by atoms with Gasteiger partial charge >= 0.3 is 11.8 Å². The molecule has 2 aliphatic heterocycles. The van der Waals surface area contributed by atoms with Crippen LogP contribution in [0.3, 0.4) is 0 Å². The van der Waals surface area contributed by atoms with Gasteiger partial charge in [-0.15, -0.1) is 0 Å². The molecule has 12 heteroatoms. The van der Waals surface area contributed by atoms with Crippen molar-refractivity contribution in [2.24, 2.45) is 0 Å². The molecule has 5 heterocycles. The lowest BCUT2D eigenvalue weighted by Crippen LogP contribution is -2.55. The van der Waals surface area contributed by atoms with Gasteiger partial charge in [0.25, 0.3) is 0 Å². The summed E-state index contributed by atoms with van der Waals surface area (Å²) in [6.45, 7) is 12.4. The smallest absolute Gasteiger partial charge is 0.410 e. The van der Waals surface area contributed by atoms with E-state index in [0.717, 1.165) is 5.56 Å². The molecular formula is C34H38F2N6O4. The Bertz CT molecular complexity index is 1890. The number of nitrogens with zero attached hydrogens (tertiary/aromatic N) is 6. The zero-order valence-electron chi connectivity index (χ0n) is 26.9. The lowest BCUT2D eigenvalue weighted by Gasteiger charge is -2.41. The number of carbonyl (C=O) groups is 1. The second kappa shape index (κ2) is 12.0. The van der Waals surface area contributed by atoms with E-state index in [1.807, 2.05) is 52.5 Å². The minimum Gasteiger partial charge on any atom is -0.493 e. The first-order chi connectivity index (χ1) is 21.8. The monoisotopic (exact) mass is 632 g/mol. The Labute approximate surface area is 266 Å². The van der Waals surface area contributed by atoms with Crippen molar-refractivity contribution >= 4 is 22.9 Å². The van der Waals surface area contributed by atoms with Crippen molar-refractivity contribution in [3.05, 3.63) is 69.9 Å². The van der Waals surface area contributed by atoms with E-state index >= 15 is 8.78 Å². The van der Waals surface area contributed by atoms with Crippen molar-refractivity contribution in [3.8, 4) is 22.7 Å². The third kappa shape index (κ3) is 5.76. The molecule has 2 aliphatic rings. The van der Waals surface area contributed by atoms with Crippen LogP contribution in [-0.2, 0) is 11.2 Å². The third-order valence-corrected chi connectivity index (χ3v) is 8.22. The van der Waals surface area contributed by atoms with Gasteiger partial charge in [0.2, 0.25) is 0 Å². The molecule has 0 aliphatic carbocycles. The number of pyridine rings is 2. The number of carbonyl (C=O) groups excluding carboxylic acids is 1. The predicted molar refractivity (Wildman–Crippen MR) is 171 cm³/mol. The zero-order chi connectivity index (χ0) is 32.9. The normalized spacial score (nSPS) is 16.8. The summed E-state index contributed by atoms with van der Waals surface area (Å²) >= 11 is 0. The van der Waals surface area contributed by atoms with Crippen LogP contribution in [0.15, 0.2) is 41.3 Å². The Morgan fingerprint density at radius 2 is 1.89 bits per heavy atom. The lowest BCUT2D eigenvalue weighted by molar-refractivity contribution is 0.0218. The van der Waals surface area contributed by atoms with E-state index < -0.39 is 29.0 Å².